The van der Waals surface area contributed by atoms with Crippen LogP contribution < -0.4 is 5.56 Å². The van der Waals surface area contributed by atoms with Crippen molar-refractivity contribution < 1.29 is 14.3 Å². The number of hydrogen-bond donors (Lipinski definition) is 1. The Morgan fingerprint density at radius 1 is 1.25 bits per heavy atom. The molecule has 0 aromatic carbocycles. The van der Waals surface area contributed by atoms with Crippen LogP contribution in [0.3, 0.4) is 0 Å². The summed E-state index contributed by atoms with van der Waals surface area (Å²) < 4.78 is 5.88. The van der Waals surface area contributed by atoms with Crippen LogP contribution in [0.15, 0.2) is 11.0 Å². The molecule has 0 saturated carbocycles. The molecule has 0 fully saturated rings. The molecule has 2 rings (SSSR count). The topological polar surface area (TPSA) is 94.1 Å². The van der Waals surface area contributed by atoms with Crippen molar-refractivity contribution in [1.29, 1.82) is 0 Å². The van der Waals surface area contributed by atoms with Crippen LogP contribution in [0, 0.1) is 13.8 Å². The van der Waals surface area contributed by atoms with Gasteiger partial charge >= 0.3 is 5.97 Å². The van der Waals surface area contributed by atoms with Crippen LogP contribution in [0.2, 0.25) is 10.0 Å². The van der Waals surface area contributed by atoms with Gasteiger partial charge in [-0.25, -0.2) is 9.48 Å². The predicted molar refractivity (Wildman–Crippen MR) is 89.1 cm³/mol. The first-order valence-electron chi connectivity index (χ1n) is 7.08. The number of H-pyrrole nitrogens is 1. The maximum Gasteiger partial charge on any atom is 0.340 e. The van der Waals surface area contributed by atoms with Gasteiger partial charge in [-0.1, -0.05) is 23.2 Å². The molecule has 2 aromatic rings. The van der Waals surface area contributed by atoms with Crippen molar-refractivity contribution in [3.05, 3.63) is 49.1 Å². The second kappa shape index (κ2) is 7.19. The molecule has 0 spiro atoms. The Morgan fingerprint density at radius 2 is 1.88 bits per heavy atom. The lowest BCUT2D eigenvalue weighted by Crippen LogP contribution is -2.28. The van der Waals surface area contributed by atoms with E-state index in [0.717, 1.165) is 4.68 Å². The number of carbonyl (C=O) groups excluding carboxylic acids is 2. The third-order valence-electron chi connectivity index (χ3n) is 3.37. The normalized spacial score (nSPS) is 10.7. The number of ether oxygens (including phenoxy) is 1. The van der Waals surface area contributed by atoms with Crippen LogP contribution in [-0.4, -0.2) is 33.1 Å². The van der Waals surface area contributed by atoms with E-state index in [1.165, 1.54) is 6.20 Å². The average Bonchev–Trinajstić information content (AvgIpc) is 2.82. The highest BCUT2D eigenvalue weighted by atomic mass is 35.5. The zero-order valence-corrected chi connectivity index (χ0v) is 14.8. The molecule has 0 atom stereocenters. The Labute approximate surface area is 147 Å². The van der Waals surface area contributed by atoms with E-state index in [1.807, 2.05) is 0 Å². The number of aromatic amines is 1. The van der Waals surface area contributed by atoms with Gasteiger partial charge in [0.15, 0.2) is 5.78 Å². The molecule has 1 N–H and O–H groups in total. The van der Waals surface area contributed by atoms with E-state index < -0.39 is 17.3 Å². The number of ketones is 1. The number of nitrogens with zero attached hydrogens (tertiary/aromatic N) is 2. The van der Waals surface area contributed by atoms with Crippen molar-refractivity contribution in [3.63, 3.8) is 0 Å². The Morgan fingerprint density at radius 3 is 2.50 bits per heavy atom. The van der Waals surface area contributed by atoms with Crippen molar-refractivity contribution in [3.8, 4) is 0 Å². The van der Waals surface area contributed by atoms with Crippen LogP contribution in [0.5, 0.6) is 0 Å². The standard InChI is InChI=1S/C15H15Cl2N3O4/c1-4-24-15(23)12-8(3)19-7(2)11(12)10(21)6-20-14(22)13(17)9(16)5-18-20/h5,19H,4,6H2,1-3H3. The molecule has 2 heterocycles. The summed E-state index contributed by atoms with van der Waals surface area (Å²) in [5.74, 6) is -1.06. The van der Waals surface area contributed by atoms with Crippen molar-refractivity contribution in [1.82, 2.24) is 14.8 Å². The second-order valence-electron chi connectivity index (χ2n) is 5.04. The Hall–Kier alpha value is -2.12. The minimum atomic E-state index is -0.680. The summed E-state index contributed by atoms with van der Waals surface area (Å²) in [5, 5.41) is 3.58. The van der Waals surface area contributed by atoms with Crippen LogP contribution >= 0.6 is 23.2 Å². The summed E-state index contributed by atoms with van der Waals surface area (Å²) in [6.07, 6.45) is 1.18. The second-order valence-corrected chi connectivity index (χ2v) is 5.82. The number of esters is 1. The summed E-state index contributed by atoms with van der Waals surface area (Å²) in [4.78, 5) is 39.7. The van der Waals surface area contributed by atoms with E-state index in [-0.39, 0.29) is 34.3 Å². The van der Waals surface area contributed by atoms with Crippen LogP contribution in [0.4, 0.5) is 0 Å². The highest BCUT2D eigenvalue weighted by Crippen LogP contribution is 2.21. The molecular weight excluding hydrogens is 357 g/mol. The summed E-state index contributed by atoms with van der Waals surface area (Å²) in [5.41, 5.74) is 0.677. The molecular formula is C15H15Cl2N3O4. The van der Waals surface area contributed by atoms with Gasteiger partial charge in [-0.3, -0.25) is 9.59 Å². The van der Waals surface area contributed by atoms with Gasteiger partial charge in [-0.15, -0.1) is 0 Å². The number of hydrogen-bond acceptors (Lipinski definition) is 5. The van der Waals surface area contributed by atoms with E-state index in [1.54, 1.807) is 20.8 Å². The number of Topliss-reactive ketones (excluding diaryl/α,β-unsaturated/α-hetero) is 1. The van der Waals surface area contributed by atoms with E-state index in [0.29, 0.717) is 11.4 Å². The fourth-order valence-electron chi connectivity index (χ4n) is 2.36. The molecule has 0 radical (unpaired) electrons. The molecule has 9 heteroatoms. The third kappa shape index (κ3) is 3.37. The van der Waals surface area contributed by atoms with Gasteiger partial charge in [0, 0.05) is 11.4 Å². The first-order chi connectivity index (χ1) is 11.3. The van der Waals surface area contributed by atoms with Crippen molar-refractivity contribution in [2.24, 2.45) is 0 Å². The highest BCUT2D eigenvalue weighted by Gasteiger charge is 2.26. The monoisotopic (exact) mass is 371 g/mol. The van der Waals surface area contributed by atoms with Crippen molar-refractivity contribution >= 4 is 35.0 Å². The first kappa shape index (κ1) is 18.2. The minimum Gasteiger partial charge on any atom is -0.462 e. The summed E-state index contributed by atoms with van der Waals surface area (Å²) in [6, 6.07) is 0. The number of rotatable bonds is 5. The lowest BCUT2D eigenvalue weighted by Gasteiger charge is -2.07. The van der Waals surface area contributed by atoms with Gasteiger partial charge in [0.05, 0.1) is 29.0 Å². The average molecular weight is 372 g/mol. The van der Waals surface area contributed by atoms with Gasteiger partial charge in [0.1, 0.15) is 11.6 Å². The van der Waals surface area contributed by atoms with E-state index in [4.69, 9.17) is 27.9 Å². The zero-order chi connectivity index (χ0) is 18.0. The maximum absolute atomic E-state index is 12.6. The molecule has 0 amide bonds. The predicted octanol–water partition coefficient (Wildman–Crippen LogP) is 2.55. The molecule has 128 valence electrons. The van der Waals surface area contributed by atoms with Gasteiger partial charge in [-0.2, -0.15) is 5.10 Å². The molecule has 0 unspecified atom stereocenters. The lowest BCUT2D eigenvalue weighted by atomic mass is 10.0. The Balaban J connectivity index is 2.43. The Kier molecular flexibility index (Phi) is 5.46. The molecule has 2 aromatic heterocycles. The van der Waals surface area contributed by atoms with E-state index in [2.05, 4.69) is 10.1 Å². The van der Waals surface area contributed by atoms with E-state index >= 15 is 0 Å². The molecule has 24 heavy (non-hydrogen) atoms. The summed E-state index contributed by atoms with van der Waals surface area (Å²) in [6.45, 7) is 4.81. The van der Waals surface area contributed by atoms with Gasteiger partial charge in [-0.05, 0) is 20.8 Å². The van der Waals surface area contributed by atoms with Crippen LogP contribution in [0.1, 0.15) is 39.0 Å². The summed E-state index contributed by atoms with van der Waals surface area (Å²) >= 11 is 11.5. The SMILES string of the molecule is CCOC(=O)c1c(C)[nH]c(C)c1C(=O)Cn1ncc(Cl)c(Cl)c1=O. The van der Waals surface area contributed by atoms with Crippen molar-refractivity contribution in [2.45, 2.75) is 27.3 Å². The molecule has 0 aliphatic heterocycles. The number of carbonyl (C=O) groups is 2. The van der Waals surface area contributed by atoms with Crippen LogP contribution in [-0.2, 0) is 11.3 Å². The number of halogens is 2. The molecule has 0 aliphatic rings. The largest absolute Gasteiger partial charge is 0.462 e. The smallest absolute Gasteiger partial charge is 0.340 e. The van der Waals surface area contributed by atoms with Gasteiger partial charge < -0.3 is 9.72 Å². The number of nitrogens with one attached hydrogen (secondary N) is 1. The Bertz CT molecular complexity index is 870. The van der Waals surface area contributed by atoms with Crippen molar-refractivity contribution in [2.75, 3.05) is 6.61 Å². The van der Waals surface area contributed by atoms with E-state index in [9.17, 15) is 14.4 Å². The summed E-state index contributed by atoms with van der Waals surface area (Å²) in [7, 11) is 0. The van der Waals surface area contributed by atoms with Gasteiger partial charge in [0.2, 0.25) is 0 Å². The number of aryl methyl sites for hydroxylation is 2. The minimum absolute atomic E-state index is 0.00578. The molecule has 7 nitrogen and oxygen atoms in total. The fraction of sp³-hybridized carbons (Fsp3) is 0.333. The fourth-order valence-corrected chi connectivity index (χ4v) is 2.63. The molecule has 0 saturated heterocycles. The molecule has 0 bridgehead atoms. The molecule has 0 aliphatic carbocycles. The number of aromatic nitrogens is 3. The third-order valence-corrected chi connectivity index (χ3v) is 4.12. The quantitative estimate of drug-likeness (QED) is 0.643. The zero-order valence-electron chi connectivity index (χ0n) is 13.3. The maximum atomic E-state index is 12.6. The first-order valence-corrected chi connectivity index (χ1v) is 7.84. The van der Waals surface area contributed by atoms with Gasteiger partial charge in [0.25, 0.3) is 5.56 Å². The highest BCUT2D eigenvalue weighted by molar-refractivity contribution is 6.41. The lowest BCUT2D eigenvalue weighted by molar-refractivity contribution is 0.0522. The van der Waals surface area contributed by atoms with Crippen LogP contribution in [0.25, 0.3) is 0 Å².